The van der Waals surface area contributed by atoms with Crippen molar-refractivity contribution in [3.05, 3.63) is 23.3 Å². The fourth-order valence-corrected chi connectivity index (χ4v) is 4.47. The summed E-state index contributed by atoms with van der Waals surface area (Å²) in [4.78, 5) is 12.6. The van der Waals surface area contributed by atoms with Crippen molar-refractivity contribution in [1.82, 2.24) is 4.67 Å². The van der Waals surface area contributed by atoms with E-state index in [1.54, 1.807) is 19.9 Å². The molecule has 0 atom stereocenters. The van der Waals surface area contributed by atoms with Gasteiger partial charge < -0.3 is 9.47 Å². The highest BCUT2D eigenvalue weighted by atomic mass is 31.2. The molecule has 0 saturated heterocycles. The summed E-state index contributed by atoms with van der Waals surface area (Å²) in [7, 11) is -3.46. The Hall–Kier alpha value is -1.40. The van der Waals surface area contributed by atoms with Crippen molar-refractivity contribution in [1.29, 1.82) is 0 Å². The Balaban J connectivity index is 1.88. The van der Waals surface area contributed by atoms with Gasteiger partial charge in [-0.25, -0.2) is 9.24 Å². The number of fused-ring (bicyclic) bond motifs is 2. The number of benzene rings is 1. The first kappa shape index (κ1) is 16.5. The highest BCUT2D eigenvalue weighted by molar-refractivity contribution is 7.51. The van der Waals surface area contributed by atoms with Crippen LogP contribution in [0.5, 0.6) is 11.5 Å². The molecule has 0 bridgehead atoms. The van der Waals surface area contributed by atoms with Crippen molar-refractivity contribution < 1.29 is 27.9 Å². The van der Waals surface area contributed by atoms with E-state index in [0.29, 0.717) is 30.0 Å². The summed E-state index contributed by atoms with van der Waals surface area (Å²) in [6.07, 6.45) is 0.557. The van der Waals surface area contributed by atoms with Crippen LogP contribution in [0.2, 0.25) is 0 Å². The number of Topliss-reactive ketones (excluding diaryl/α,β-unsaturated/α-hetero) is 1. The van der Waals surface area contributed by atoms with Gasteiger partial charge in [-0.3, -0.25) is 13.8 Å². The largest absolute Gasteiger partial charge is 0.454 e. The van der Waals surface area contributed by atoms with Gasteiger partial charge in [0.25, 0.3) is 0 Å². The second kappa shape index (κ2) is 6.61. The number of nitrogens with zero attached hydrogens (tertiary/aromatic N) is 1. The number of carbonyl (C=O) groups excluding carboxylic acids is 1. The van der Waals surface area contributed by atoms with Gasteiger partial charge in [0.1, 0.15) is 0 Å². The van der Waals surface area contributed by atoms with E-state index in [9.17, 15) is 9.36 Å². The molecule has 0 N–H and O–H groups in total. The molecule has 2 aliphatic rings. The lowest BCUT2D eigenvalue weighted by Crippen LogP contribution is -2.28. The van der Waals surface area contributed by atoms with Gasteiger partial charge in [-0.1, -0.05) is 0 Å². The minimum Gasteiger partial charge on any atom is -0.454 e. The van der Waals surface area contributed by atoms with E-state index < -0.39 is 7.75 Å². The molecule has 2 aliphatic heterocycles. The molecule has 1 aromatic carbocycles. The quantitative estimate of drug-likeness (QED) is 0.762. The fourth-order valence-electron chi connectivity index (χ4n) is 2.77. The van der Waals surface area contributed by atoms with E-state index >= 15 is 0 Å². The number of hydrogen-bond donors (Lipinski definition) is 0. The second-order valence-electron chi connectivity index (χ2n) is 5.23. The Kier molecular flexibility index (Phi) is 4.73. The standard InChI is InChI=1S/C15H20NO6P/c1-3-21-23(18,22-4-2)16-6-5-11-7-14-15(20-10-19-14)8-12(11)13(17)9-16/h7-8H,3-6,9-10H2,1-2H3. The average molecular weight is 341 g/mol. The first-order valence-electron chi connectivity index (χ1n) is 7.67. The van der Waals surface area contributed by atoms with Crippen LogP contribution in [0, 0.1) is 0 Å². The van der Waals surface area contributed by atoms with Gasteiger partial charge in [-0.15, -0.1) is 0 Å². The molecule has 7 nitrogen and oxygen atoms in total. The Morgan fingerprint density at radius 2 is 1.83 bits per heavy atom. The van der Waals surface area contributed by atoms with Gasteiger partial charge in [0.2, 0.25) is 6.79 Å². The highest BCUT2D eigenvalue weighted by Gasteiger charge is 2.37. The summed E-state index contributed by atoms with van der Waals surface area (Å²) in [6, 6.07) is 3.53. The van der Waals surface area contributed by atoms with Gasteiger partial charge >= 0.3 is 7.75 Å². The van der Waals surface area contributed by atoms with Crippen LogP contribution < -0.4 is 9.47 Å². The van der Waals surface area contributed by atoms with Crippen molar-refractivity contribution >= 4 is 13.5 Å². The molecule has 0 fully saturated rings. The van der Waals surface area contributed by atoms with Crippen LogP contribution in [0.25, 0.3) is 0 Å². The molecule has 8 heteroatoms. The van der Waals surface area contributed by atoms with Crippen LogP contribution in [0.1, 0.15) is 29.8 Å². The molecule has 0 aliphatic carbocycles. The molecular weight excluding hydrogens is 321 g/mol. The second-order valence-corrected chi connectivity index (χ2v) is 7.25. The first-order valence-corrected chi connectivity index (χ1v) is 9.17. The normalized spacial score (nSPS) is 17.9. The SMILES string of the molecule is CCOP(=O)(OCC)N1CCc2cc3c(cc2C(=O)C1)OCO3. The maximum Gasteiger partial charge on any atom is 0.408 e. The molecule has 0 spiro atoms. The van der Waals surface area contributed by atoms with E-state index in [-0.39, 0.29) is 32.3 Å². The number of ether oxygens (including phenoxy) is 2. The van der Waals surface area contributed by atoms with Crippen molar-refractivity contribution in [2.45, 2.75) is 20.3 Å². The lowest BCUT2D eigenvalue weighted by Gasteiger charge is -2.27. The van der Waals surface area contributed by atoms with Crippen LogP contribution in [-0.2, 0) is 20.0 Å². The molecule has 126 valence electrons. The fraction of sp³-hybridized carbons (Fsp3) is 0.533. The molecule has 1 aromatic rings. The van der Waals surface area contributed by atoms with Crippen LogP contribution in [-0.4, -0.2) is 43.5 Å². The van der Waals surface area contributed by atoms with E-state index in [1.165, 1.54) is 4.67 Å². The Bertz CT molecular complexity index is 652. The topological polar surface area (TPSA) is 74.3 Å². The number of carbonyl (C=O) groups is 1. The third-order valence-electron chi connectivity index (χ3n) is 3.80. The Morgan fingerprint density at radius 1 is 1.17 bits per heavy atom. The van der Waals surface area contributed by atoms with Crippen LogP contribution in [0.3, 0.4) is 0 Å². The molecule has 0 radical (unpaired) electrons. The summed E-state index contributed by atoms with van der Waals surface area (Å²) in [5, 5.41) is 0. The van der Waals surface area contributed by atoms with E-state index in [1.807, 2.05) is 6.07 Å². The lowest BCUT2D eigenvalue weighted by atomic mass is 10.0. The van der Waals surface area contributed by atoms with Crippen molar-refractivity contribution in [3.63, 3.8) is 0 Å². The van der Waals surface area contributed by atoms with Gasteiger partial charge in [0.15, 0.2) is 17.3 Å². The minimum absolute atomic E-state index is 0.01000. The van der Waals surface area contributed by atoms with Gasteiger partial charge in [0.05, 0.1) is 19.8 Å². The average Bonchev–Trinajstić information content (AvgIpc) is 2.91. The Morgan fingerprint density at radius 3 is 2.48 bits per heavy atom. The molecule has 0 aromatic heterocycles. The zero-order valence-corrected chi connectivity index (χ0v) is 14.1. The maximum absolute atomic E-state index is 12.9. The smallest absolute Gasteiger partial charge is 0.408 e. The molecule has 2 heterocycles. The third kappa shape index (κ3) is 3.15. The number of ketones is 1. The van der Waals surface area contributed by atoms with Crippen molar-refractivity contribution in [2.24, 2.45) is 0 Å². The molecule has 3 rings (SSSR count). The van der Waals surface area contributed by atoms with Crippen LogP contribution in [0.15, 0.2) is 12.1 Å². The monoisotopic (exact) mass is 341 g/mol. The summed E-state index contributed by atoms with van der Waals surface area (Å²) >= 11 is 0. The summed E-state index contributed by atoms with van der Waals surface area (Å²) in [5.74, 6) is 1.08. The summed E-state index contributed by atoms with van der Waals surface area (Å²) < 4.78 is 35.8. The molecule has 0 unspecified atom stereocenters. The Labute approximate surface area is 135 Å². The summed E-state index contributed by atoms with van der Waals surface area (Å²) in [5.41, 5.74) is 1.44. The molecule has 0 saturated carbocycles. The minimum atomic E-state index is -3.46. The van der Waals surface area contributed by atoms with Crippen molar-refractivity contribution in [3.8, 4) is 11.5 Å². The zero-order chi connectivity index (χ0) is 16.4. The third-order valence-corrected chi connectivity index (χ3v) is 6.00. The van der Waals surface area contributed by atoms with Crippen molar-refractivity contribution in [2.75, 3.05) is 33.1 Å². The lowest BCUT2D eigenvalue weighted by molar-refractivity contribution is 0.0942. The number of hydrogen-bond acceptors (Lipinski definition) is 6. The van der Waals surface area contributed by atoms with Gasteiger partial charge in [-0.2, -0.15) is 0 Å². The highest BCUT2D eigenvalue weighted by Crippen LogP contribution is 2.52. The maximum atomic E-state index is 12.9. The molecule has 23 heavy (non-hydrogen) atoms. The molecular formula is C15H20NO6P. The first-order chi connectivity index (χ1) is 11.1. The predicted octanol–water partition coefficient (Wildman–Crippen LogP) is 2.64. The zero-order valence-electron chi connectivity index (χ0n) is 13.2. The predicted molar refractivity (Wildman–Crippen MR) is 83.0 cm³/mol. The number of rotatable bonds is 5. The van der Waals surface area contributed by atoms with E-state index in [2.05, 4.69) is 0 Å². The van der Waals surface area contributed by atoms with Gasteiger partial charge in [-0.05, 0) is 38.0 Å². The van der Waals surface area contributed by atoms with E-state index in [4.69, 9.17) is 18.5 Å². The summed E-state index contributed by atoms with van der Waals surface area (Å²) in [6.45, 7) is 4.58. The van der Waals surface area contributed by atoms with Gasteiger partial charge in [0, 0.05) is 12.1 Å². The van der Waals surface area contributed by atoms with Crippen LogP contribution >= 0.6 is 7.75 Å². The van der Waals surface area contributed by atoms with Crippen LogP contribution in [0.4, 0.5) is 0 Å². The molecule has 0 amide bonds. The van der Waals surface area contributed by atoms with E-state index in [0.717, 1.165) is 5.56 Å².